The predicted octanol–water partition coefficient (Wildman–Crippen LogP) is 16.5. The van der Waals surface area contributed by atoms with Crippen molar-refractivity contribution in [3.05, 3.63) is 228 Å². The van der Waals surface area contributed by atoms with Crippen molar-refractivity contribution in [2.45, 2.75) is 51.4 Å². The van der Waals surface area contributed by atoms with Crippen LogP contribution in [-0.2, 0) is 17.3 Å². The molecule has 1 aromatic heterocycles. The van der Waals surface area contributed by atoms with Crippen molar-refractivity contribution in [3.8, 4) is 11.3 Å². The fraction of sp³-hybridized carbons (Fsp3) is 0.129. The molecule has 0 aliphatic carbocycles. The highest BCUT2D eigenvalue weighted by molar-refractivity contribution is 6.27. The van der Waals surface area contributed by atoms with Gasteiger partial charge in [0, 0.05) is 44.4 Å². The van der Waals surface area contributed by atoms with E-state index in [1.165, 1.54) is 66.9 Å². The van der Waals surface area contributed by atoms with Crippen molar-refractivity contribution in [3.63, 3.8) is 0 Å². The molecule has 0 fully saturated rings. The number of aliphatic imine (C=N–C) groups is 1. The molecule has 316 valence electrons. The van der Waals surface area contributed by atoms with Crippen LogP contribution in [0.5, 0.6) is 0 Å². The van der Waals surface area contributed by atoms with E-state index in [2.05, 4.69) is 232 Å². The van der Waals surface area contributed by atoms with Gasteiger partial charge in [-0.05, 0) is 129 Å². The molecule has 4 heteroatoms. The molecular formula is C62H48N4. The Morgan fingerprint density at radius 1 is 0.409 bits per heavy atom. The van der Waals surface area contributed by atoms with Gasteiger partial charge in [-0.15, -0.1) is 0 Å². The minimum atomic E-state index is -0.164. The van der Waals surface area contributed by atoms with E-state index >= 15 is 0 Å². The normalized spacial score (nSPS) is 15.4. The Hall–Kier alpha value is -7.82. The number of pyridine rings is 1. The third-order valence-corrected chi connectivity index (χ3v) is 14.9. The van der Waals surface area contributed by atoms with E-state index in [0.29, 0.717) is 0 Å². The van der Waals surface area contributed by atoms with Crippen LogP contribution in [0.2, 0.25) is 0 Å². The van der Waals surface area contributed by atoms with Crippen LogP contribution in [0.1, 0.15) is 67.5 Å². The molecule has 4 heterocycles. The van der Waals surface area contributed by atoms with Gasteiger partial charge in [-0.1, -0.05) is 155 Å². The van der Waals surface area contributed by atoms with Crippen molar-refractivity contribution >= 4 is 78.0 Å². The molecule has 0 radical (unpaired) electrons. The Bertz CT molecular complexity index is 3590. The van der Waals surface area contributed by atoms with Crippen LogP contribution in [-0.4, -0.2) is 10.7 Å². The molecule has 0 atom stereocenters. The smallest absolute Gasteiger partial charge is 0.0722 e. The topological polar surface area (TPSA) is 31.7 Å². The fourth-order valence-corrected chi connectivity index (χ4v) is 11.6. The average Bonchev–Trinajstić information content (AvgIpc) is 3.35. The number of fused-ring (bicyclic) bond motifs is 8. The lowest BCUT2D eigenvalue weighted by Crippen LogP contribution is -2.30. The van der Waals surface area contributed by atoms with E-state index in [9.17, 15) is 0 Å². The summed E-state index contributed by atoms with van der Waals surface area (Å²) >= 11 is 0. The third-order valence-electron chi connectivity index (χ3n) is 14.9. The molecule has 13 rings (SSSR count). The highest BCUT2D eigenvalue weighted by Gasteiger charge is 2.38. The molecule has 4 nitrogen and oxygen atoms in total. The zero-order valence-electron chi connectivity index (χ0n) is 37.7. The summed E-state index contributed by atoms with van der Waals surface area (Å²) in [5.74, 6) is 0. The fourth-order valence-electron chi connectivity index (χ4n) is 11.6. The minimum absolute atomic E-state index is 0.163. The summed E-state index contributed by atoms with van der Waals surface area (Å²) in [7, 11) is 0. The molecule has 0 bridgehead atoms. The molecular weight excluding hydrogens is 801 g/mol. The molecule has 0 amide bonds. The van der Waals surface area contributed by atoms with Gasteiger partial charge in [0.2, 0.25) is 0 Å². The molecule has 0 saturated carbocycles. The summed E-state index contributed by atoms with van der Waals surface area (Å²) in [5.41, 5.74) is 19.7. The van der Waals surface area contributed by atoms with Crippen LogP contribution >= 0.6 is 0 Å². The van der Waals surface area contributed by atoms with Crippen LogP contribution in [0.4, 0.5) is 39.8 Å². The number of aromatic nitrogens is 1. The van der Waals surface area contributed by atoms with Gasteiger partial charge in [0.05, 0.1) is 39.6 Å². The maximum absolute atomic E-state index is 5.56. The minimum Gasteiger partial charge on any atom is -0.310 e. The molecule has 0 saturated heterocycles. The van der Waals surface area contributed by atoms with Gasteiger partial charge in [-0.3, -0.25) is 4.99 Å². The van der Waals surface area contributed by atoms with Gasteiger partial charge in [0.15, 0.2) is 0 Å². The Labute approximate surface area is 386 Å². The Balaban J connectivity index is 1.14. The molecule has 66 heavy (non-hydrogen) atoms. The average molecular weight is 849 g/mol. The van der Waals surface area contributed by atoms with E-state index in [1.807, 2.05) is 0 Å². The molecule has 0 unspecified atom stereocenters. The zero-order chi connectivity index (χ0) is 44.3. The molecule has 0 N–H and O–H groups in total. The van der Waals surface area contributed by atoms with E-state index < -0.39 is 0 Å². The quantitative estimate of drug-likeness (QED) is 0.165. The van der Waals surface area contributed by atoms with E-state index in [-0.39, 0.29) is 10.8 Å². The van der Waals surface area contributed by atoms with Crippen LogP contribution in [0, 0.1) is 0 Å². The summed E-state index contributed by atoms with van der Waals surface area (Å²) in [5, 5.41) is 5.78. The zero-order valence-corrected chi connectivity index (χ0v) is 37.7. The number of para-hydroxylation sites is 6. The third kappa shape index (κ3) is 5.64. The monoisotopic (exact) mass is 848 g/mol. The number of hydrogen-bond acceptors (Lipinski definition) is 4. The van der Waals surface area contributed by atoms with Crippen molar-refractivity contribution in [1.29, 1.82) is 0 Å². The van der Waals surface area contributed by atoms with Crippen molar-refractivity contribution in [2.24, 2.45) is 4.99 Å². The van der Waals surface area contributed by atoms with E-state index in [0.717, 1.165) is 68.5 Å². The number of anilines is 6. The Morgan fingerprint density at radius 2 is 0.879 bits per heavy atom. The maximum Gasteiger partial charge on any atom is 0.0722 e. The van der Waals surface area contributed by atoms with E-state index in [4.69, 9.17) is 9.98 Å². The summed E-state index contributed by atoms with van der Waals surface area (Å²) < 4.78 is 0. The number of aryl methyl sites for hydroxylation is 1. The summed E-state index contributed by atoms with van der Waals surface area (Å²) in [6.07, 6.45) is 1.77. The molecule has 3 aliphatic heterocycles. The van der Waals surface area contributed by atoms with Gasteiger partial charge in [0.1, 0.15) is 0 Å². The van der Waals surface area contributed by atoms with Gasteiger partial charge >= 0.3 is 0 Å². The summed E-state index contributed by atoms with van der Waals surface area (Å²) in [4.78, 5) is 16.0. The van der Waals surface area contributed by atoms with Gasteiger partial charge in [0.25, 0.3) is 0 Å². The van der Waals surface area contributed by atoms with Crippen LogP contribution in [0.3, 0.4) is 0 Å². The maximum atomic E-state index is 5.56. The Morgan fingerprint density at radius 3 is 1.45 bits per heavy atom. The first-order valence-electron chi connectivity index (χ1n) is 23.3. The number of nitrogens with zero attached hydrogens (tertiary/aromatic N) is 4. The summed E-state index contributed by atoms with van der Waals surface area (Å²) in [6, 6.07) is 71.5. The molecule has 9 aromatic carbocycles. The largest absolute Gasteiger partial charge is 0.310 e. The van der Waals surface area contributed by atoms with Crippen molar-refractivity contribution in [2.75, 3.05) is 9.80 Å². The lowest BCUT2D eigenvalue weighted by Gasteiger charge is -2.42. The first kappa shape index (κ1) is 38.6. The lowest BCUT2D eigenvalue weighted by atomic mass is 9.73. The standard InChI is InChI=1S/C62H48N4/c1-61(2)47-19-7-13-25-55(47)65(56-26-14-8-20-48(56)61)41-31-33-43-45(37-41)59(53-35-29-39-17-5-11-23-51(39)63-53)44-34-32-42(38-46(44)60(43)54-36-30-40-18-6-12-24-52(40)64-54)66-57-27-15-9-21-49(57)62(3,4)50-22-10-16-28-58(50)66/h5-29,31-35,37-38H,30,36H2,1-4H3. The SMILES string of the molecule is CC1(C)c2ccccc2N(c2ccc3c(-c4ccc5ccccc5n4)c4cc(N5c6ccccc6C(C)(C)c6ccccc65)ccc4c(C4=Nc5ccccc5CC4)c3c2)c2ccccc21. The van der Waals surface area contributed by atoms with Crippen LogP contribution < -0.4 is 9.80 Å². The van der Waals surface area contributed by atoms with Gasteiger partial charge < -0.3 is 9.80 Å². The molecule has 10 aromatic rings. The Kier molecular flexibility index (Phi) is 8.39. The first-order chi connectivity index (χ1) is 32.3. The van der Waals surface area contributed by atoms with Crippen LogP contribution in [0.25, 0.3) is 43.7 Å². The molecule has 0 spiro atoms. The number of rotatable bonds is 4. The van der Waals surface area contributed by atoms with Crippen molar-refractivity contribution in [1.82, 2.24) is 4.98 Å². The lowest BCUT2D eigenvalue weighted by molar-refractivity contribution is 0.632. The molecule has 3 aliphatic rings. The predicted molar refractivity (Wildman–Crippen MR) is 277 cm³/mol. The van der Waals surface area contributed by atoms with E-state index in [1.54, 1.807) is 0 Å². The highest BCUT2D eigenvalue weighted by Crippen LogP contribution is 2.55. The second kappa shape index (κ2) is 14.3. The summed E-state index contributed by atoms with van der Waals surface area (Å²) in [6.45, 7) is 9.41. The highest BCUT2D eigenvalue weighted by atomic mass is 15.2. The van der Waals surface area contributed by atoms with Crippen LogP contribution in [0.15, 0.2) is 199 Å². The van der Waals surface area contributed by atoms with Gasteiger partial charge in [-0.25, -0.2) is 4.98 Å². The second-order valence-electron chi connectivity index (χ2n) is 19.3. The number of hydrogen-bond donors (Lipinski definition) is 0. The second-order valence-corrected chi connectivity index (χ2v) is 19.3. The number of benzene rings is 9. The first-order valence-corrected chi connectivity index (χ1v) is 23.3. The van der Waals surface area contributed by atoms with Gasteiger partial charge in [-0.2, -0.15) is 0 Å². The van der Waals surface area contributed by atoms with Crippen molar-refractivity contribution < 1.29 is 0 Å².